The van der Waals surface area contributed by atoms with E-state index in [1.54, 1.807) is 24.1 Å². The summed E-state index contributed by atoms with van der Waals surface area (Å²) in [5.41, 5.74) is 2.42. The number of hydrogen-bond donors (Lipinski definition) is 2. The van der Waals surface area contributed by atoms with Gasteiger partial charge in [0.2, 0.25) is 17.7 Å². The Morgan fingerprint density at radius 3 is 2.77 bits per heavy atom. The lowest BCUT2D eigenvalue weighted by Gasteiger charge is -2.25. The number of para-hydroxylation sites is 1. The molecule has 2 aliphatic rings. The van der Waals surface area contributed by atoms with E-state index >= 15 is 0 Å². The molecule has 1 atom stereocenters. The van der Waals surface area contributed by atoms with E-state index in [-0.39, 0.29) is 17.7 Å². The molecule has 0 bridgehead atoms. The second-order valence-electron chi connectivity index (χ2n) is 8.22. The molecule has 0 spiro atoms. The zero-order valence-electron chi connectivity index (χ0n) is 17.3. The van der Waals surface area contributed by atoms with Crippen molar-refractivity contribution in [3.05, 3.63) is 53.6 Å². The molecule has 4 rings (SSSR count). The number of rotatable bonds is 5. The molecule has 0 aliphatic carbocycles. The maximum Gasteiger partial charge on any atom is 0.247 e. The SMILES string of the molecule is COc1ccccc1CN1C(=O)CCC1C(=O)Nc1ccc2c(c1)C(C)(C)C(=O)N2. The van der Waals surface area contributed by atoms with Gasteiger partial charge in [-0.1, -0.05) is 18.2 Å². The Hall–Kier alpha value is -3.35. The Balaban J connectivity index is 1.53. The highest BCUT2D eigenvalue weighted by atomic mass is 16.5. The fraction of sp³-hybridized carbons (Fsp3) is 0.348. The lowest BCUT2D eigenvalue weighted by Crippen LogP contribution is -2.41. The highest BCUT2D eigenvalue weighted by Crippen LogP contribution is 2.38. The van der Waals surface area contributed by atoms with E-state index in [9.17, 15) is 14.4 Å². The van der Waals surface area contributed by atoms with Crippen molar-refractivity contribution in [1.82, 2.24) is 4.90 Å². The predicted octanol–water partition coefficient (Wildman–Crippen LogP) is 3.05. The van der Waals surface area contributed by atoms with Crippen LogP contribution >= 0.6 is 0 Å². The molecular formula is C23H25N3O4. The van der Waals surface area contributed by atoms with Crippen LogP contribution in [0.25, 0.3) is 0 Å². The minimum absolute atomic E-state index is 0.0501. The average Bonchev–Trinajstić information content (AvgIpc) is 3.19. The van der Waals surface area contributed by atoms with Crippen molar-refractivity contribution in [2.24, 2.45) is 0 Å². The molecular weight excluding hydrogens is 382 g/mol. The van der Waals surface area contributed by atoms with E-state index in [0.717, 1.165) is 16.8 Å². The van der Waals surface area contributed by atoms with Gasteiger partial charge in [0.15, 0.2) is 0 Å². The van der Waals surface area contributed by atoms with Crippen molar-refractivity contribution in [2.75, 3.05) is 17.7 Å². The first-order valence-electron chi connectivity index (χ1n) is 9.99. The molecule has 2 aliphatic heterocycles. The summed E-state index contributed by atoms with van der Waals surface area (Å²) in [6, 6.07) is 12.3. The number of anilines is 2. The summed E-state index contributed by atoms with van der Waals surface area (Å²) in [5.74, 6) is 0.344. The third-order valence-corrected chi connectivity index (χ3v) is 5.94. The number of carbonyl (C=O) groups is 3. The van der Waals surface area contributed by atoms with Gasteiger partial charge in [-0.15, -0.1) is 0 Å². The Morgan fingerprint density at radius 2 is 2.00 bits per heavy atom. The summed E-state index contributed by atoms with van der Waals surface area (Å²) in [6.07, 6.45) is 0.805. The maximum absolute atomic E-state index is 13.0. The summed E-state index contributed by atoms with van der Waals surface area (Å²) in [4.78, 5) is 39.3. The van der Waals surface area contributed by atoms with Gasteiger partial charge in [-0.2, -0.15) is 0 Å². The Labute approximate surface area is 175 Å². The highest BCUT2D eigenvalue weighted by molar-refractivity contribution is 6.06. The predicted molar refractivity (Wildman–Crippen MR) is 113 cm³/mol. The first-order chi connectivity index (χ1) is 14.3. The van der Waals surface area contributed by atoms with Gasteiger partial charge in [0.1, 0.15) is 11.8 Å². The molecule has 1 saturated heterocycles. The van der Waals surface area contributed by atoms with Crippen LogP contribution in [-0.2, 0) is 26.3 Å². The Morgan fingerprint density at radius 1 is 1.23 bits per heavy atom. The molecule has 0 saturated carbocycles. The number of nitrogens with zero attached hydrogens (tertiary/aromatic N) is 1. The number of fused-ring (bicyclic) bond motifs is 1. The largest absolute Gasteiger partial charge is 0.496 e. The molecule has 7 heteroatoms. The quantitative estimate of drug-likeness (QED) is 0.797. The van der Waals surface area contributed by atoms with Crippen LogP contribution in [0.15, 0.2) is 42.5 Å². The highest BCUT2D eigenvalue weighted by Gasteiger charge is 2.39. The summed E-state index contributed by atoms with van der Waals surface area (Å²) < 4.78 is 5.38. The van der Waals surface area contributed by atoms with Gasteiger partial charge in [0.05, 0.1) is 19.1 Å². The average molecular weight is 407 g/mol. The topological polar surface area (TPSA) is 87.7 Å². The van der Waals surface area contributed by atoms with Crippen molar-refractivity contribution in [1.29, 1.82) is 0 Å². The van der Waals surface area contributed by atoms with Crippen LogP contribution in [0.5, 0.6) is 5.75 Å². The lowest BCUT2D eigenvalue weighted by molar-refractivity contribution is -0.133. The fourth-order valence-corrected chi connectivity index (χ4v) is 4.10. The van der Waals surface area contributed by atoms with E-state index in [2.05, 4.69) is 10.6 Å². The number of likely N-dealkylation sites (tertiary alicyclic amines) is 1. The van der Waals surface area contributed by atoms with Gasteiger partial charge in [-0.3, -0.25) is 14.4 Å². The molecule has 7 nitrogen and oxygen atoms in total. The number of methoxy groups -OCH3 is 1. The summed E-state index contributed by atoms with van der Waals surface area (Å²) >= 11 is 0. The van der Waals surface area contributed by atoms with Crippen LogP contribution in [0.4, 0.5) is 11.4 Å². The summed E-state index contributed by atoms with van der Waals surface area (Å²) in [5, 5.41) is 5.79. The molecule has 2 aromatic carbocycles. The lowest BCUT2D eigenvalue weighted by atomic mass is 9.86. The minimum Gasteiger partial charge on any atom is -0.496 e. The molecule has 30 heavy (non-hydrogen) atoms. The van der Waals surface area contributed by atoms with Crippen molar-refractivity contribution < 1.29 is 19.1 Å². The van der Waals surface area contributed by atoms with Crippen molar-refractivity contribution in [2.45, 2.75) is 44.7 Å². The molecule has 2 heterocycles. The molecule has 2 N–H and O–H groups in total. The van der Waals surface area contributed by atoms with Crippen LogP contribution < -0.4 is 15.4 Å². The normalized spacial score (nSPS) is 19.4. The monoisotopic (exact) mass is 407 g/mol. The molecule has 0 radical (unpaired) electrons. The summed E-state index contributed by atoms with van der Waals surface area (Å²) in [7, 11) is 1.59. The van der Waals surface area contributed by atoms with Gasteiger partial charge in [-0.25, -0.2) is 0 Å². The first kappa shape index (κ1) is 19.9. The molecule has 3 amide bonds. The molecule has 156 valence electrons. The maximum atomic E-state index is 13.0. The van der Waals surface area contributed by atoms with Gasteiger partial charge >= 0.3 is 0 Å². The Kier molecular flexibility index (Phi) is 4.97. The third kappa shape index (κ3) is 3.40. The number of nitrogens with one attached hydrogen (secondary N) is 2. The number of carbonyl (C=O) groups excluding carboxylic acids is 3. The van der Waals surface area contributed by atoms with Crippen molar-refractivity contribution in [3.63, 3.8) is 0 Å². The Bertz CT molecular complexity index is 1030. The number of hydrogen-bond acceptors (Lipinski definition) is 4. The van der Waals surface area contributed by atoms with E-state index < -0.39 is 11.5 Å². The van der Waals surface area contributed by atoms with Crippen molar-refractivity contribution >= 4 is 29.1 Å². The van der Waals surface area contributed by atoms with E-state index in [1.165, 1.54) is 0 Å². The second kappa shape index (κ2) is 7.48. The van der Waals surface area contributed by atoms with E-state index in [1.807, 2.05) is 44.2 Å². The van der Waals surface area contributed by atoms with Gasteiger partial charge < -0.3 is 20.3 Å². The van der Waals surface area contributed by atoms with Crippen LogP contribution in [0, 0.1) is 0 Å². The summed E-state index contributed by atoms with van der Waals surface area (Å²) in [6.45, 7) is 4.02. The second-order valence-corrected chi connectivity index (χ2v) is 8.22. The minimum atomic E-state index is -0.657. The van der Waals surface area contributed by atoms with Gasteiger partial charge in [-0.05, 0) is 50.1 Å². The number of benzene rings is 2. The van der Waals surface area contributed by atoms with Crippen molar-refractivity contribution in [3.8, 4) is 5.75 Å². The fourth-order valence-electron chi connectivity index (χ4n) is 4.10. The number of amides is 3. The third-order valence-electron chi connectivity index (χ3n) is 5.94. The van der Waals surface area contributed by atoms with Crippen LogP contribution in [0.2, 0.25) is 0 Å². The molecule has 1 fully saturated rings. The van der Waals surface area contributed by atoms with E-state index in [0.29, 0.717) is 30.8 Å². The van der Waals surface area contributed by atoms with Crippen LogP contribution in [-0.4, -0.2) is 35.8 Å². The van der Waals surface area contributed by atoms with Gasteiger partial charge in [0.25, 0.3) is 0 Å². The molecule has 0 aromatic heterocycles. The smallest absolute Gasteiger partial charge is 0.247 e. The zero-order chi connectivity index (χ0) is 21.5. The zero-order valence-corrected chi connectivity index (χ0v) is 17.3. The standard InChI is InChI=1S/C23H25N3O4/c1-23(2)16-12-15(8-9-17(16)25-22(23)29)24-21(28)18-10-11-20(27)26(18)13-14-6-4-5-7-19(14)30-3/h4-9,12,18H,10-11,13H2,1-3H3,(H,24,28)(H,25,29). The number of ether oxygens (including phenoxy) is 1. The van der Waals surface area contributed by atoms with Gasteiger partial charge in [0, 0.05) is 23.4 Å². The van der Waals surface area contributed by atoms with E-state index in [4.69, 9.17) is 4.74 Å². The molecule has 2 aromatic rings. The first-order valence-corrected chi connectivity index (χ1v) is 9.99. The molecule has 1 unspecified atom stereocenters. The van der Waals surface area contributed by atoms with Crippen LogP contribution in [0.1, 0.15) is 37.8 Å². The van der Waals surface area contributed by atoms with Crippen LogP contribution in [0.3, 0.4) is 0 Å².